The summed E-state index contributed by atoms with van der Waals surface area (Å²) in [6.45, 7) is 1.99. The fourth-order valence-electron chi connectivity index (χ4n) is 1.53. The zero-order valence-corrected chi connectivity index (χ0v) is 10.1. The van der Waals surface area contributed by atoms with Crippen LogP contribution in [0.25, 0.3) is 0 Å². The molecule has 0 aromatic carbocycles. The molecule has 4 heteroatoms. The number of carbonyl (C=O) groups is 1. The van der Waals surface area contributed by atoms with Gasteiger partial charge in [-0.25, -0.2) is 0 Å². The van der Waals surface area contributed by atoms with Crippen molar-refractivity contribution in [3.63, 3.8) is 0 Å². The SMILES string of the molecule is CC(C(=O)Nc1ccncc1Br)C1CC1. The Kier molecular flexibility index (Phi) is 3.05. The molecule has 0 aliphatic heterocycles. The van der Waals surface area contributed by atoms with Crippen LogP contribution in [0.15, 0.2) is 22.9 Å². The van der Waals surface area contributed by atoms with Crippen LogP contribution in [0.2, 0.25) is 0 Å². The van der Waals surface area contributed by atoms with Crippen molar-refractivity contribution >= 4 is 27.5 Å². The minimum atomic E-state index is 0.101. The molecule has 1 aliphatic carbocycles. The van der Waals surface area contributed by atoms with Gasteiger partial charge in [0, 0.05) is 18.3 Å². The zero-order chi connectivity index (χ0) is 10.8. The summed E-state index contributed by atoms with van der Waals surface area (Å²) in [7, 11) is 0. The molecule has 1 unspecified atom stereocenters. The van der Waals surface area contributed by atoms with E-state index in [0.717, 1.165) is 10.2 Å². The van der Waals surface area contributed by atoms with E-state index in [1.54, 1.807) is 18.5 Å². The largest absolute Gasteiger partial charge is 0.325 e. The van der Waals surface area contributed by atoms with Crippen molar-refractivity contribution in [2.45, 2.75) is 19.8 Å². The highest BCUT2D eigenvalue weighted by Crippen LogP contribution is 2.37. The maximum Gasteiger partial charge on any atom is 0.227 e. The maximum atomic E-state index is 11.8. The molecule has 1 aliphatic rings. The second-order valence-corrected chi connectivity index (χ2v) is 4.83. The first-order chi connectivity index (χ1) is 7.18. The minimum absolute atomic E-state index is 0.101. The highest BCUT2D eigenvalue weighted by atomic mass is 79.9. The Hall–Kier alpha value is -0.900. The lowest BCUT2D eigenvalue weighted by atomic mass is 10.1. The van der Waals surface area contributed by atoms with Crippen molar-refractivity contribution in [2.24, 2.45) is 11.8 Å². The van der Waals surface area contributed by atoms with E-state index in [2.05, 4.69) is 26.2 Å². The van der Waals surface area contributed by atoms with E-state index in [1.807, 2.05) is 6.92 Å². The fourth-order valence-corrected chi connectivity index (χ4v) is 1.88. The normalized spacial score (nSPS) is 17.2. The molecule has 0 saturated heterocycles. The van der Waals surface area contributed by atoms with Gasteiger partial charge in [-0.1, -0.05) is 6.92 Å². The van der Waals surface area contributed by atoms with Gasteiger partial charge in [-0.05, 0) is 40.8 Å². The van der Waals surface area contributed by atoms with E-state index in [4.69, 9.17) is 0 Å². The first kappa shape index (κ1) is 10.6. The quantitative estimate of drug-likeness (QED) is 0.916. The number of hydrogen-bond donors (Lipinski definition) is 1. The van der Waals surface area contributed by atoms with E-state index < -0.39 is 0 Å². The number of halogens is 1. The molecule has 1 fully saturated rings. The molecule has 1 N–H and O–H groups in total. The lowest BCUT2D eigenvalue weighted by Crippen LogP contribution is -2.22. The Bertz CT molecular complexity index is 377. The molecule has 3 nitrogen and oxygen atoms in total. The molecule has 1 aromatic rings. The van der Waals surface area contributed by atoms with Gasteiger partial charge in [-0.15, -0.1) is 0 Å². The first-order valence-corrected chi connectivity index (χ1v) is 5.88. The van der Waals surface area contributed by atoms with Crippen LogP contribution in [0, 0.1) is 11.8 Å². The molecule has 0 spiro atoms. The van der Waals surface area contributed by atoms with Crippen LogP contribution in [0.1, 0.15) is 19.8 Å². The van der Waals surface area contributed by atoms with Gasteiger partial charge in [0.2, 0.25) is 5.91 Å². The number of pyridine rings is 1. The summed E-state index contributed by atoms with van der Waals surface area (Å²) in [6.07, 6.45) is 5.72. The molecule has 15 heavy (non-hydrogen) atoms. The van der Waals surface area contributed by atoms with Crippen molar-refractivity contribution in [1.29, 1.82) is 0 Å². The standard InChI is InChI=1S/C11H13BrN2O/c1-7(8-2-3-8)11(15)14-10-4-5-13-6-9(10)12/h4-8H,2-3H2,1H3,(H,13,14,15). The van der Waals surface area contributed by atoms with Gasteiger partial charge in [0.25, 0.3) is 0 Å². The monoisotopic (exact) mass is 268 g/mol. The van der Waals surface area contributed by atoms with Crippen molar-refractivity contribution in [1.82, 2.24) is 4.98 Å². The van der Waals surface area contributed by atoms with Crippen LogP contribution in [0.3, 0.4) is 0 Å². The molecular formula is C11H13BrN2O. The number of aromatic nitrogens is 1. The second-order valence-electron chi connectivity index (χ2n) is 3.97. The van der Waals surface area contributed by atoms with Gasteiger partial charge in [0.1, 0.15) is 0 Å². The van der Waals surface area contributed by atoms with Crippen molar-refractivity contribution in [2.75, 3.05) is 5.32 Å². The van der Waals surface area contributed by atoms with Crippen LogP contribution in [-0.2, 0) is 4.79 Å². The topological polar surface area (TPSA) is 42.0 Å². The summed E-state index contributed by atoms with van der Waals surface area (Å²) in [5.74, 6) is 0.806. The van der Waals surface area contributed by atoms with Gasteiger partial charge in [0.05, 0.1) is 10.2 Å². The highest BCUT2D eigenvalue weighted by Gasteiger charge is 2.32. The summed E-state index contributed by atoms with van der Waals surface area (Å²) in [5.41, 5.74) is 0.794. The highest BCUT2D eigenvalue weighted by molar-refractivity contribution is 9.10. The average Bonchev–Trinajstić information content (AvgIpc) is 3.04. The van der Waals surface area contributed by atoms with Crippen molar-refractivity contribution in [3.8, 4) is 0 Å². The second kappa shape index (κ2) is 4.31. The molecule has 80 valence electrons. The molecule has 0 bridgehead atoms. The Morgan fingerprint density at radius 3 is 3.00 bits per heavy atom. The Labute approximate surface area is 97.4 Å². The summed E-state index contributed by atoms with van der Waals surface area (Å²) in [5, 5.41) is 2.91. The molecule has 1 heterocycles. The van der Waals surface area contributed by atoms with Crippen molar-refractivity contribution < 1.29 is 4.79 Å². The lowest BCUT2D eigenvalue weighted by molar-refractivity contribution is -0.119. The summed E-state index contributed by atoms with van der Waals surface area (Å²) < 4.78 is 0.821. The predicted molar refractivity (Wildman–Crippen MR) is 62.5 cm³/mol. The Balaban J connectivity index is 2.02. The minimum Gasteiger partial charge on any atom is -0.325 e. The number of amides is 1. The molecule has 1 saturated carbocycles. The van der Waals surface area contributed by atoms with Gasteiger partial charge >= 0.3 is 0 Å². The van der Waals surface area contributed by atoms with Gasteiger partial charge in [0.15, 0.2) is 0 Å². The fraction of sp³-hybridized carbons (Fsp3) is 0.455. The first-order valence-electron chi connectivity index (χ1n) is 5.09. The number of nitrogens with zero attached hydrogens (tertiary/aromatic N) is 1. The van der Waals surface area contributed by atoms with E-state index in [1.165, 1.54) is 12.8 Å². The van der Waals surface area contributed by atoms with Crippen LogP contribution < -0.4 is 5.32 Å². The Morgan fingerprint density at radius 1 is 1.67 bits per heavy atom. The molecule has 1 atom stereocenters. The van der Waals surface area contributed by atoms with E-state index in [-0.39, 0.29) is 11.8 Å². The van der Waals surface area contributed by atoms with Crippen molar-refractivity contribution in [3.05, 3.63) is 22.9 Å². The number of hydrogen-bond acceptors (Lipinski definition) is 2. The van der Waals surface area contributed by atoms with E-state index in [0.29, 0.717) is 5.92 Å². The number of anilines is 1. The third-order valence-corrected chi connectivity index (χ3v) is 3.40. The third-order valence-electron chi connectivity index (χ3n) is 2.77. The van der Waals surface area contributed by atoms with Gasteiger partial charge in [-0.3, -0.25) is 9.78 Å². The van der Waals surface area contributed by atoms with Crippen LogP contribution in [0.4, 0.5) is 5.69 Å². The lowest BCUT2D eigenvalue weighted by Gasteiger charge is -2.11. The van der Waals surface area contributed by atoms with Crippen LogP contribution >= 0.6 is 15.9 Å². The summed E-state index contributed by atoms with van der Waals surface area (Å²) in [6, 6.07) is 1.79. The van der Waals surface area contributed by atoms with E-state index in [9.17, 15) is 4.79 Å². The van der Waals surface area contributed by atoms with Crippen LogP contribution in [0.5, 0.6) is 0 Å². The molecule has 2 rings (SSSR count). The number of rotatable bonds is 3. The summed E-state index contributed by atoms with van der Waals surface area (Å²) >= 11 is 3.35. The zero-order valence-electron chi connectivity index (χ0n) is 8.53. The van der Waals surface area contributed by atoms with Crippen LogP contribution in [-0.4, -0.2) is 10.9 Å². The number of carbonyl (C=O) groups excluding carboxylic acids is 1. The molecule has 1 aromatic heterocycles. The average molecular weight is 269 g/mol. The summed E-state index contributed by atoms with van der Waals surface area (Å²) in [4.78, 5) is 15.7. The maximum absolute atomic E-state index is 11.8. The van der Waals surface area contributed by atoms with Gasteiger partial charge in [-0.2, -0.15) is 0 Å². The Morgan fingerprint density at radius 2 is 2.40 bits per heavy atom. The van der Waals surface area contributed by atoms with E-state index >= 15 is 0 Å². The smallest absolute Gasteiger partial charge is 0.227 e. The molecule has 1 amide bonds. The molecular weight excluding hydrogens is 256 g/mol. The third kappa shape index (κ3) is 2.56. The predicted octanol–water partition coefficient (Wildman–Crippen LogP) is 2.83. The molecule has 0 radical (unpaired) electrons. The van der Waals surface area contributed by atoms with Gasteiger partial charge < -0.3 is 5.32 Å². The number of nitrogens with one attached hydrogen (secondary N) is 1.